The molecule has 0 radical (unpaired) electrons. The molecule has 2 N–H and O–H groups in total. The van der Waals surface area contributed by atoms with Gasteiger partial charge in [0, 0.05) is 6.21 Å². The van der Waals surface area contributed by atoms with Crippen LogP contribution in [-0.4, -0.2) is 28.6 Å². The third kappa shape index (κ3) is 26.1. The first-order chi connectivity index (χ1) is 4.56. The largest absolute Gasteiger partial charge is 1.00 e. The zero-order chi connectivity index (χ0) is 8.57. The smallest absolute Gasteiger partial charge is 0.547 e. The molecule has 0 rings (SSSR count). The average molecular weight is 256 g/mol. The van der Waals surface area contributed by atoms with E-state index in [4.69, 9.17) is 10.3 Å². The second-order valence-electron chi connectivity index (χ2n) is 1.37. The number of aliphatic hydroxyl groups excluding tert-OH is 1. The Balaban J connectivity index is -0.000000114. The summed E-state index contributed by atoms with van der Waals surface area (Å²) in [6, 6.07) is 0. The number of hydrogen-bond acceptors (Lipinski definition) is 5. The molecule has 0 aromatic carbocycles. The summed E-state index contributed by atoms with van der Waals surface area (Å²) in [5, 5.41) is 27.4. The van der Waals surface area contributed by atoms with Crippen LogP contribution in [0.4, 0.5) is 0 Å². The van der Waals surface area contributed by atoms with Crippen LogP contribution in [0, 0.1) is 0 Å². The Bertz CT molecular complexity index is 111. The Labute approximate surface area is 80.2 Å². The van der Waals surface area contributed by atoms with Gasteiger partial charge >= 0.3 is 22.4 Å². The van der Waals surface area contributed by atoms with Gasteiger partial charge < -0.3 is 20.2 Å². The van der Waals surface area contributed by atoms with Crippen molar-refractivity contribution in [1.29, 1.82) is 0 Å². The van der Waals surface area contributed by atoms with E-state index in [2.05, 4.69) is 5.16 Å². The number of rotatable bonds is 1. The van der Waals surface area contributed by atoms with Gasteiger partial charge in [0.05, 0.1) is 12.1 Å². The van der Waals surface area contributed by atoms with E-state index in [9.17, 15) is 9.90 Å². The van der Waals surface area contributed by atoms with Crippen LogP contribution in [0.1, 0.15) is 13.8 Å². The second kappa shape index (κ2) is 12.3. The van der Waals surface area contributed by atoms with Crippen LogP contribution in [-0.2, 0) is 27.2 Å². The number of hydrogen-bond donors (Lipinski definition) is 2. The minimum Gasteiger partial charge on any atom is -0.547 e. The van der Waals surface area contributed by atoms with Gasteiger partial charge in [-0.2, -0.15) is 0 Å². The van der Waals surface area contributed by atoms with Crippen molar-refractivity contribution >= 4 is 12.2 Å². The molecule has 0 fully saturated rings. The Hall–Kier alpha value is -0.360. The molecule has 6 heteroatoms. The molecule has 1 unspecified atom stereocenters. The first-order valence-electron chi connectivity index (χ1n) is 2.57. The summed E-state index contributed by atoms with van der Waals surface area (Å²) in [5.41, 5.74) is 0. The third-order valence-corrected chi connectivity index (χ3v) is 0.457. The van der Waals surface area contributed by atoms with Crippen molar-refractivity contribution < 1.29 is 42.6 Å². The fourth-order valence-electron chi connectivity index (χ4n) is 0. The molecule has 11 heavy (non-hydrogen) atoms. The molecule has 0 aliphatic heterocycles. The summed E-state index contributed by atoms with van der Waals surface area (Å²) in [6.07, 6.45) is -0.0370. The SMILES string of the molecule is C/C=N/O.CC(O)C(=O)[O-].[Ag+]. The molecule has 0 saturated heterocycles. The van der Waals surface area contributed by atoms with Crippen LogP contribution in [0.15, 0.2) is 5.16 Å². The maximum Gasteiger partial charge on any atom is 1.00 e. The molecule has 0 aliphatic rings. The van der Waals surface area contributed by atoms with Gasteiger partial charge in [-0.15, -0.1) is 5.16 Å². The Morgan fingerprint density at radius 2 is 1.91 bits per heavy atom. The maximum absolute atomic E-state index is 9.34. The Kier molecular flexibility index (Phi) is 19.0. The minimum atomic E-state index is -1.44. The standard InChI is InChI=1S/C3H6O3.C2H5NO.Ag/c1-2(4)3(5)6;1-2-3-4;/h2,4H,1H3,(H,5,6);2,4H,1H3;/q;;+1/p-1/b;3-2+;. The van der Waals surface area contributed by atoms with Gasteiger partial charge in [0.2, 0.25) is 0 Å². The van der Waals surface area contributed by atoms with Gasteiger partial charge in [-0.05, 0) is 13.8 Å². The van der Waals surface area contributed by atoms with E-state index in [1.807, 2.05) is 0 Å². The van der Waals surface area contributed by atoms with Gasteiger partial charge in [0.15, 0.2) is 0 Å². The molecular formula is C5H10AgNO4. The summed E-state index contributed by atoms with van der Waals surface area (Å²) < 4.78 is 0. The molecule has 0 heterocycles. The van der Waals surface area contributed by atoms with E-state index in [1.165, 1.54) is 6.21 Å². The summed E-state index contributed by atoms with van der Waals surface area (Å²) >= 11 is 0. The first kappa shape index (κ1) is 16.9. The van der Waals surface area contributed by atoms with Crippen molar-refractivity contribution in [3.05, 3.63) is 0 Å². The van der Waals surface area contributed by atoms with Crippen LogP contribution in [0.5, 0.6) is 0 Å². The number of nitrogens with zero attached hydrogens (tertiary/aromatic N) is 1. The summed E-state index contributed by atoms with van der Waals surface area (Å²) in [5.74, 6) is -1.44. The first-order valence-corrected chi connectivity index (χ1v) is 2.57. The number of aliphatic carboxylic acids is 1. The predicted molar refractivity (Wildman–Crippen MR) is 32.6 cm³/mol. The van der Waals surface area contributed by atoms with Crippen LogP contribution in [0.25, 0.3) is 0 Å². The number of carbonyl (C=O) groups excluding carboxylic acids is 1. The molecule has 0 aromatic rings. The minimum absolute atomic E-state index is 0. The maximum atomic E-state index is 9.34. The number of carboxylic acid groups (broad SMARTS) is 1. The van der Waals surface area contributed by atoms with Crippen molar-refractivity contribution in [2.75, 3.05) is 0 Å². The molecule has 0 amide bonds. The molecule has 0 spiro atoms. The molecule has 0 saturated carbocycles. The van der Waals surface area contributed by atoms with Gasteiger partial charge in [-0.1, -0.05) is 0 Å². The second-order valence-corrected chi connectivity index (χ2v) is 1.37. The van der Waals surface area contributed by atoms with E-state index in [0.717, 1.165) is 6.92 Å². The van der Waals surface area contributed by atoms with Gasteiger partial charge in [0.1, 0.15) is 0 Å². The average Bonchev–Trinajstić information content (AvgIpc) is 1.89. The third-order valence-electron chi connectivity index (χ3n) is 0.457. The van der Waals surface area contributed by atoms with E-state index in [1.54, 1.807) is 6.92 Å². The van der Waals surface area contributed by atoms with E-state index in [0.29, 0.717) is 0 Å². The van der Waals surface area contributed by atoms with Crippen molar-refractivity contribution in [3.63, 3.8) is 0 Å². The van der Waals surface area contributed by atoms with E-state index < -0.39 is 12.1 Å². The summed E-state index contributed by atoms with van der Waals surface area (Å²) in [6.45, 7) is 2.77. The fourth-order valence-corrected chi connectivity index (χ4v) is 0. The zero-order valence-corrected chi connectivity index (χ0v) is 7.60. The van der Waals surface area contributed by atoms with Crippen LogP contribution in [0.3, 0.4) is 0 Å². The van der Waals surface area contributed by atoms with Crippen molar-refractivity contribution in [2.45, 2.75) is 20.0 Å². The monoisotopic (exact) mass is 255 g/mol. The van der Waals surface area contributed by atoms with Crippen LogP contribution < -0.4 is 5.11 Å². The molecular weight excluding hydrogens is 246 g/mol. The number of carbonyl (C=O) groups is 1. The number of oxime groups is 1. The van der Waals surface area contributed by atoms with E-state index >= 15 is 0 Å². The van der Waals surface area contributed by atoms with Crippen molar-refractivity contribution in [2.24, 2.45) is 5.16 Å². The topological polar surface area (TPSA) is 93.0 Å². The number of carboxylic acids is 1. The number of aliphatic hydroxyl groups is 1. The van der Waals surface area contributed by atoms with E-state index in [-0.39, 0.29) is 22.4 Å². The van der Waals surface area contributed by atoms with Crippen LogP contribution >= 0.6 is 0 Å². The predicted octanol–water partition coefficient (Wildman–Crippen LogP) is -1.42. The van der Waals surface area contributed by atoms with Crippen molar-refractivity contribution in [1.82, 2.24) is 0 Å². The van der Waals surface area contributed by atoms with Gasteiger partial charge in [0.25, 0.3) is 0 Å². The molecule has 0 aromatic heterocycles. The zero-order valence-electron chi connectivity index (χ0n) is 6.11. The quantitative estimate of drug-likeness (QED) is 0.260. The molecule has 1 atom stereocenters. The molecule has 0 aliphatic carbocycles. The molecule has 5 nitrogen and oxygen atoms in total. The normalized spacial score (nSPS) is 10.8. The summed E-state index contributed by atoms with van der Waals surface area (Å²) in [4.78, 5) is 9.34. The van der Waals surface area contributed by atoms with Crippen molar-refractivity contribution in [3.8, 4) is 0 Å². The Morgan fingerprint density at radius 1 is 1.73 bits per heavy atom. The van der Waals surface area contributed by atoms with Gasteiger partial charge in [-0.3, -0.25) is 0 Å². The molecule has 0 bridgehead atoms. The summed E-state index contributed by atoms with van der Waals surface area (Å²) in [7, 11) is 0. The van der Waals surface area contributed by atoms with Crippen LogP contribution in [0.2, 0.25) is 0 Å². The molecule has 70 valence electrons. The Morgan fingerprint density at radius 3 is 1.91 bits per heavy atom. The fraction of sp³-hybridized carbons (Fsp3) is 0.600. The van der Waals surface area contributed by atoms with Gasteiger partial charge in [-0.25, -0.2) is 0 Å².